The first-order valence-electron chi connectivity index (χ1n) is 14.6. The highest BCUT2D eigenvalue weighted by Gasteiger charge is 2.26. The van der Waals surface area contributed by atoms with E-state index in [-0.39, 0.29) is 28.9 Å². The number of benzene rings is 1. The van der Waals surface area contributed by atoms with Crippen molar-refractivity contribution >= 4 is 16.9 Å². The number of piperazine rings is 1. The maximum Gasteiger partial charge on any atom is 0.333 e. The molecule has 0 bridgehead atoms. The summed E-state index contributed by atoms with van der Waals surface area (Å²) < 4.78 is 27.1. The number of nitrogens with zero attached hydrogens (tertiary/aromatic N) is 4. The van der Waals surface area contributed by atoms with Gasteiger partial charge in [-0.25, -0.2) is 9.00 Å². The molecule has 0 amide bonds. The second-order valence-corrected chi connectivity index (χ2v) is 12.9. The SMILES string of the molecule is CCCCCOS(=O)c1ccc(OC(C)(C)CCN2CCN(c3cc(=O)n(C(C)C)c(=O)n3C(C)C)CC2)cc1. The van der Waals surface area contributed by atoms with Gasteiger partial charge in [0.2, 0.25) is 0 Å². The fourth-order valence-electron chi connectivity index (χ4n) is 4.93. The summed E-state index contributed by atoms with van der Waals surface area (Å²) in [5.41, 5.74) is -0.867. The van der Waals surface area contributed by atoms with Gasteiger partial charge in [-0.2, -0.15) is 0 Å². The van der Waals surface area contributed by atoms with Crippen molar-refractivity contribution in [3.63, 3.8) is 0 Å². The Morgan fingerprint density at radius 1 is 0.925 bits per heavy atom. The van der Waals surface area contributed by atoms with E-state index in [2.05, 4.69) is 30.6 Å². The summed E-state index contributed by atoms with van der Waals surface area (Å²) >= 11 is -1.46. The molecule has 224 valence electrons. The molecule has 1 saturated heterocycles. The average Bonchev–Trinajstić information content (AvgIpc) is 2.89. The van der Waals surface area contributed by atoms with Gasteiger partial charge in [0.1, 0.15) is 17.2 Å². The first kappa shape index (κ1) is 32.1. The molecule has 1 fully saturated rings. The van der Waals surface area contributed by atoms with Gasteiger partial charge in [0, 0.05) is 50.9 Å². The van der Waals surface area contributed by atoms with Crippen LogP contribution in [0.3, 0.4) is 0 Å². The fourth-order valence-corrected chi connectivity index (χ4v) is 5.70. The van der Waals surface area contributed by atoms with Crippen molar-refractivity contribution in [1.82, 2.24) is 14.0 Å². The molecule has 1 aliphatic rings. The van der Waals surface area contributed by atoms with Gasteiger partial charge in [0.05, 0.1) is 11.5 Å². The lowest BCUT2D eigenvalue weighted by Crippen LogP contribution is -2.51. The number of unbranched alkanes of at least 4 members (excludes halogenated alkanes) is 2. The standard InChI is InChI=1S/C30H48N4O5S/c1-8-9-10-21-38-40(37)26-13-11-25(12-14-26)39-30(6,7)15-16-31-17-19-32(20-18-31)27-22-28(35)34(24(4)5)29(36)33(27)23(2)3/h11-14,22-24H,8-10,15-21H2,1-7H3. The molecule has 2 aromatic rings. The molecular formula is C30H48N4O5S. The summed E-state index contributed by atoms with van der Waals surface area (Å²) in [5, 5.41) is 0. The fraction of sp³-hybridized carbons (Fsp3) is 0.667. The van der Waals surface area contributed by atoms with Gasteiger partial charge in [-0.1, -0.05) is 19.8 Å². The van der Waals surface area contributed by atoms with E-state index in [9.17, 15) is 13.8 Å². The molecule has 0 spiro atoms. The van der Waals surface area contributed by atoms with Crippen molar-refractivity contribution in [3.8, 4) is 5.75 Å². The lowest BCUT2D eigenvalue weighted by molar-refractivity contribution is 0.0820. The van der Waals surface area contributed by atoms with Crippen molar-refractivity contribution < 1.29 is 13.1 Å². The maximum absolute atomic E-state index is 13.1. The molecule has 0 N–H and O–H groups in total. The highest BCUT2D eigenvalue weighted by atomic mass is 32.2. The zero-order chi connectivity index (χ0) is 29.4. The van der Waals surface area contributed by atoms with E-state index in [1.807, 2.05) is 39.8 Å². The summed E-state index contributed by atoms with van der Waals surface area (Å²) in [6.45, 7) is 18.5. The lowest BCUT2D eigenvalue weighted by atomic mass is 10.0. The zero-order valence-corrected chi connectivity index (χ0v) is 26.2. The van der Waals surface area contributed by atoms with Gasteiger partial charge in [-0.05, 0) is 78.6 Å². The van der Waals surface area contributed by atoms with E-state index < -0.39 is 11.1 Å². The van der Waals surface area contributed by atoms with Crippen LogP contribution < -0.4 is 20.9 Å². The van der Waals surface area contributed by atoms with E-state index in [4.69, 9.17) is 8.92 Å². The number of hydrogen-bond acceptors (Lipinski definition) is 7. The number of hydrogen-bond donors (Lipinski definition) is 0. The van der Waals surface area contributed by atoms with E-state index in [1.54, 1.807) is 22.8 Å². The first-order chi connectivity index (χ1) is 18.9. The number of rotatable bonds is 14. The molecule has 1 atom stereocenters. The first-order valence-corrected chi connectivity index (χ1v) is 15.7. The predicted molar refractivity (Wildman–Crippen MR) is 162 cm³/mol. The third kappa shape index (κ3) is 8.54. The largest absolute Gasteiger partial charge is 0.488 e. The number of anilines is 1. The summed E-state index contributed by atoms with van der Waals surface area (Å²) in [4.78, 5) is 31.1. The van der Waals surface area contributed by atoms with Crippen molar-refractivity contribution in [2.24, 2.45) is 0 Å². The van der Waals surface area contributed by atoms with Crippen LogP contribution in [-0.4, -0.2) is 63.2 Å². The molecular weight excluding hydrogens is 528 g/mol. The Kier molecular flexibility index (Phi) is 11.6. The summed E-state index contributed by atoms with van der Waals surface area (Å²) in [6, 6.07) is 8.70. The van der Waals surface area contributed by atoms with E-state index >= 15 is 0 Å². The van der Waals surface area contributed by atoms with Gasteiger partial charge in [-0.3, -0.25) is 23.0 Å². The Balaban J connectivity index is 1.53. The van der Waals surface area contributed by atoms with Gasteiger partial charge >= 0.3 is 5.69 Å². The van der Waals surface area contributed by atoms with Gasteiger partial charge in [0.25, 0.3) is 5.56 Å². The zero-order valence-electron chi connectivity index (χ0n) is 25.4. The van der Waals surface area contributed by atoms with Crippen LogP contribution in [0.25, 0.3) is 0 Å². The summed E-state index contributed by atoms with van der Waals surface area (Å²) in [5.74, 6) is 1.45. The van der Waals surface area contributed by atoms with E-state index in [0.29, 0.717) is 17.3 Å². The number of aromatic nitrogens is 2. The Labute approximate surface area is 241 Å². The van der Waals surface area contributed by atoms with Crippen LogP contribution in [0.5, 0.6) is 5.75 Å². The third-order valence-electron chi connectivity index (χ3n) is 7.26. The average molecular weight is 577 g/mol. The molecule has 0 radical (unpaired) electrons. The molecule has 9 nitrogen and oxygen atoms in total. The minimum Gasteiger partial charge on any atom is -0.488 e. The summed E-state index contributed by atoms with van der Waals surface area (Å²) in [7, 11) is 0. The number of ether oxygens (including phenoxy) is 1. The highest BCUT2D eigenvalue weighted by molar-refractivity contribution is 7.80. The van der Waals surface area contributed by atoms with Gasteiger partial charge in [0.15, 0.2) is 11.1 Å². The van der Waals surface area contributed by atoms with Crippen LogP contribution in [0.1, 0.15) is 86.2 Å². The molecule has 1 aromatic heterocycles. The van der Waals surface area contributed by atoms with Crippen molar-refractivity contribution in [2.45, 2.75) is 96.7 Å². The minimum absolute atomic E-state index is 0.0449. The minimum atomic E-state index is -1.46. The maximum atomic E-state index is 13.1. The monoisotopic (exact) mass is 576 g/mol. The topological polar surface area (TPSA) is 86.0 Å². The van der Waals surface area contributed by atoms with Crippen LogP contribution in [-0.2, 0) is 15.3 Å². The quantitative estimate of drug-likeness (QED) is 0.300. The molecule has 2 heterocycles. The normalized spacial score (nSPS) is 15.7. The van der Waals surface area contributed by atoms with E-state index in [0.717, 1.165) is 64.2 Å². The second-order valence-electron chi connectivity index (χ2n) is 11.7. The van der Waals surface area contributed by atoms with Crippen LogP contribution in [0.15, 0.2) is 44.8 Å². The molecule has 1 aromatic carbocycles. The van der Waals surface area contributed by atoms with Crippen molar-refractivity contribution in [1.29, 1.82) is 0 Å². The van der Waals surface area contributed by atoms with Crippen LogP contribution >= 0.6 is 0 Å². The molecule has 3 rings (SSSR count). The third-order valence-corrected chi connectivity index (χ3v) is 8.29. The Morgan fingerprint density at radius 3 is 2.12 bits per heavy atom. The van der Waals surface area contributed by atoms with Crippen LogP contribution in [0.2, 0.25) is 0 Å². The van der Waals surface area contributed by atoms with Crippen LogP contribution in [0.4, 0.5) is 5.82 Å². The smallest absolute Gasteiger partial charge is 0.333 e. The van der Waals surface area contributed by atoms with Crippen LogP contribution in [0, 0.1) is 0 Å². The summed E-state index contributed by atoms with van der Waals surface area (Å²) in [6.07, 6.45) is 3.92. The molecule has 1 aliphatic heterocycles. The molecule has 0 aliphatic carbocycles. The van der Waals surface area contributed by atoms with Crippen molar-refractivity contribution in [3.05, 3.63) is 51.2 Å². The molecule has 1 unspecified atom stereocenters. The Bertz CT molecular complexity index is 1230. The van der Waals surface area contributed by atoms with Crippen molar-refractivity contribution in [2.75, 3.05) is 44.2 Å². The Hall–Kier alpha value is -2.43. The van der Waals surface area contributed by atoms with Gasteiger partial charge in [-0.15, -0.1) is 0 Å². The lowest BCUT2D eigenvalue weighted by Gasteiger charge is -2.38. The molecule has 40 heavy (non-hydrogen) atoms. The molecule has 10 heteroatoms. The molecule has 0 saturated carbocycles. The van der Waals surface area contributed by atoms with E-state index in [1.165, 1.54) is 4.57 Å². The Morgan fingerprint density at radius 2 is 1.55 bits per heavy atom. The van der Waals surface area contributed by atoms with Gasteiger partial charge < -0.3 is 9.64 Å². The highest BCUT2D eigenvalue weighted by Crippen LogP contribution is 2.24. The predicted octanol–water partition coefficient (Wildman–Crippen LogP) is 4.77. The second kappa shape index (κ2) is 14.5.